The van der Waals surface area contributed by atoms with E-state index in [9.17, 15) is 4.79 Å². The van der Waals surface area contributed by atoms with Crippen LogP contribution in [0.25, 0.3) is 5.65 Å². The van der Waals surface area contributed by atoms with Gasteiger partial charge in [-0.3, -0.25) is 9.69 Å². The number of carbonyl (C=O) groups is 1. The molecule has 0 bridgehead atoms. The van der Waals surface area contributed by atoms with E-state index < -0.39 is 0 Å². The van der Waals surface area contributed by atoms with Gasteiger partial charge in [-0.1, -0.05) is 0 Å². The van der Waals surface area contributed by atoms with E-state index in [1.807, 2.05) is 32.0 Å². The van der Waals surface area contributed by atoms with Gasteiger partial charge in [-0.05, 0) is 32.0 Å². The number of piperazine rings is 1. The molecule has 1 fully saturated rings. The highest BCUT2D eigenvalue weighted by molar-refractivity contribution is 5.98. The van der Waals surface area contributed by atoms with E-state index in [1.165, 1.54) is 0 Å². The van der Waals surface area contributed by atoms with Gasteiger partial charge in [0.2, 0.25) is 0 Å². The Balaban J connectivity index is 1.38. The second-order valence-corrected chi connectivity index (χ2v) is 6.50. The zero-order chi connectivity index (χ0) is 17.4. The number of aromatic nitrogens is 5. The minimum Gasteiger partial charge on any atom is -0.362 e. The smallest absolute Gasteiger partial charge is 0.178 e. The molecule has 25 heavy (non-hydrogen) atoms. The Bertz CT molecular complexity index is 905. The fourth-order valence-electron chi connectivity index (χ4n) is 3.32. The van der Waals surface area contributed by atoms with Crippen molar-refractivity contribution in [2.24, 2.45) is 0 Å². The molecule has 0 amide bonds. The zero-order valence-electron chi connectivity index (χ0n) is 14.4. The first-order chi connectivity index (χ1) is 12.1. The van der Waals surface area contributed by atoms with E-state index in [4.69, 9.17) is 0 Å². The molecular weight excluding hydrogens is 318 g/mol. The van der Waals surface area contributed by atoms with Gasteiger partial charge in [0.15, 0.2) is 11.4 Å². The van der Waals surface area contributed by atoms with Gasteiger partial charge >= 0.3 is 0 Å². The third-order valence-corrected chi connectivity index (χ3v) is 4.66. The van der Waals surface area contributed by atoms with Crippen LogP contribution < -0.4 is 4.90 Å². The van der Waals surface area contributed by atoms with E-state index in [1.54, 1.807) is 10.8 Å². The molecule has 8 nitrogen and oxygen atoms in total. The number of nitrogens with zero attached hydrogens (tertiary/aromatic N) is 6. The first-order valence-corrected chi connectivity index (χ1v) is 8.44. The second kappa shape index (κ2) is 6.29. The Morgan fingerprint density at radius 2 is 2.00 bits per heavy atom. The summed E-state index contributed by atoms with van der Waals surface area (Å²) in [6.45, 7) is 7.77. The van der Waals surface area contributed by atoms with Gasteiger partial charge < -0.3 is 9.88 Å². The average molecular weight is 339 g/mol. The lowest BCUT2D eigenvalue weighted by Gasteiger charge is -2.34. The number of aromatic amines is 1. The monoisotopic (exact) mass is 339 g/mol. The minimum atomic E-state index is 0.180. The van der Waals surface area contributed by atoms with Crippen molar-refractivity contribution >= 4 is 17.2 Å². The number of anilines is 1. The molecule has 8 heteroatoms. The molecule has 3 aromatic heterocycles. The second-order valence-electron chi connectivity index (χ2n) is 6.50. The molecule has 1 aliphatic heterocycles. The third kappa shape index (κ3) is 3.12. The van der Waals surface area contributed by atoms with E-state index >= 15 is 0 Å². The highest BCUT2D eigenvalue weighted by atomic mass is 16.1. The maximum absolute atomic E-state index is 12.5. The van der Waals surface area contributed by atoms with E-state index in [-0.39, 0.29) is 5.78 Å². The number of hydrogen-bond acceptors (Lipinski definition) is 6. The molecular formula is C17H21N7O. The molecule has 1 aliphatic rings. The van der Waals surface area contributed by atoms with Crippen LogP contribution in [0.15, 0.2) is 24.5 Å². The number of hydrogen-bond donors (Lipinski definition) is 1. The maximum Gasteiger partial charge on any atom is 0.178 e. The standard InChI is InChI=1S/C17H21N7O/c1-12-9-14(13(2)19-12)15(25)10-22-5-7-23(8-6-22)17-4-3-16-20-18-11-24(16)21-17/h3-4,9,11,19H,5-8,10H2,1-2H3. The molecule has 0 atom stereocenters. The molecule has 1 N–H and O–H groups in total. The lowest BCUT2D eigenvalue weighted by Crippen LogP contribution is -2.48. The van der Waals surface area contributed by atoms with Crippen molar-refractivity contribution in [3.8, 4) is 0 Å². The summed E-state index contributed by atoms with van der Waals surface area (Å²) in [5.41, 5.74) is 3.53. The highest BCUT2D eigenvalue weighted by Gasteiger charge is 2.22. The Hall–Kier alpha value is -2.74. The molecule has 1 saturated heterocycles. The summed E-state index contributed by atoms with van der Waals surface area (Å²) in [4.78, 5) is 20.1. The summed E-state index contributed by atoms with van der Waals surface area (Å²) in [7, 11) is 0. The number of Topliss-reactive ketones (excluding diaryl/α,β-unsaturated/α-hetero) is 1. The average Bonchev–Trinajstić information content (AvgIpc) is 3.20. The first-order valence-electron chi connectivity index (χ1n) is 8.44. The molecule has 3 aromatic rings. The fraction of sp³-hybridized carbons (Fsp3) is 0.412. The third-order valence-electron chi connectivity index (χ3n) is 4.66. The molecule has 4 heterocycles. The van der Waals surface area contributed by atoms with Gasteiger partial charge in [-0.2, -0.15) is 4.52 Å². The van der Waals surface area contributed by atoms with Crippen LogP contribution in [0.5, 0.6) is 0 Å². The number of fused-ring (bicyclic) bond motifs is 1. The first kappa shape index (κ1) is 15.8. The summed E-state index contributed by atoms with van der Waals surface area (Å²) < 4.78 is 1.68. The lowest BCUT2D eigenvalue weighted by molar-refractivity contribution is 0.0926. The number of aryl methyl sites for hydroxylation is 2. The van der Waals surface area contributed by atoms with E-state index in [0.717, 1.165) is 54.6 Å². The van der Waals surface area contributed by atoms with Crippen LogP contribution in [0.4, 0.5) is 5.82 Å². The van der Waals surface area contributed by atoms with Crippen LogP contribution in [0.3, 0.4) is 0 Å². The van der Waals surface area contributed by atoms with Crippen LogP contribution in [0.1, 0.15) is 21.7 Å². The topological polar surface area (TPSA) is 82.4 Å². The van der Waals surface area contributed by atoms with E-state index in [0.29, 0.717) is 6.54 Å². The van der Waals surface area contributed by atoms with Crippen molar-refractivity contribution in [2.45, 2.75) is 13.8 Å². The summed E-state index contributed by atoms with van der Waals surface area (Å²) in [6, 6.07) is 5.82. The summed E-state index contributed by atoms with van der Waals surface area (Å²) >= 11 is 0. The Kier molecular flexibility index (Phi) is 3.96. The molecule has 0 aliphatic carbocycles. The quantitative estimate of drug-likeness (QED) is 0.716. The minimum absolute atomic E-state index is 0.180. The molecule has 0 radical (unpaired) electrons. The number of H-pyrrole nitrogens is 1. The van der Waals surface area contributed by atoms with Gasteiger partial charge in [0.05, 0.1) is 6.54 Å². The van der Waals surface area contributed by atoms with Crippen molar-refractivity contribution in [2.75, 3.05) is 37.6 Å². The maximum atomic E-state index is 12.5. The van der Waals surface area contributed by atoms with Gasteiger partial charge in [-0.15, -0.1) is 15.3 Å². The predicted molar refractivity (Wildman–Crippen MR) is 94.0 cm³/mol. The number of ketones is 1. The van der Waals surface area contributed by atoms with Gasteiger partial charge in [0.1, 0.15) is 12.1 Å². The number of nitrogens with one attached hydrogen (secondary N) is 1. The van der Waals surface area contributed by atoms with Gasteiger partial charge in [0.25, 0.3) is 0 Å². The number of carbonyl (C=O) groups excluding carboxylic acids is 1. The largest absolute Gasteiger partial charge is 0.362 e. The van der Waals surface area contributed by atoms with Crippen LogP contribution in [0.2, 0.25) is 0 Å². The fourth-order valence-corrected chi connectivity index (χ4v) is 3.32. The van der Waals surface area contributed by atoms with Gasteiger partial charge in [0, 0.05) is 43.1 Å². The molecule has 4 rings (SSSR count). The molecule has 130 valence electrons. The van der Waals surface area contributed by atoms with E-state index in [2.05, 4.69) is 30.1 Å². The molecule has 0 unspecified atom stereocenters. The lowest BCUT2D eigenvalue weighted by atomic mass is 10.1. The Labute approximate surface area is 145 Å². The molecule has 0 aromatic carbocycles. The van der Waals surface area contributed by atoms with Crippen LogP contribution in [0, 0.1) is 13.8 Å². The van der Waals surface area contributed by atoms with Crippen LogP contribution >= 0.6 is 0 Å². The van der Waals surface area contributed by atoms with Crippen molar-refractivity contribution in [3.05, 3.63) is 41.5 Å². The number of rotatable bonds is 4. The van der Waals surface area contributed by atoms with Crippen LogP contribution in [-0.4, -0.2) is 68.2 Å². The Morgan fingerprint density at radius 3 is 2.72 bits per heavy atom. The summed E-state index contributed by atoms with van der Waals surface area (Å²) in [6.07, 6.45) is 1.61. The van der Waals surface area contributed by atoms with Gasteiger partial charge in [-0.25, -0.2) is 0 Å². The Morgan fingerprint density at radius 1 is 1.20 bits per heavy atom. The SMILES string of the molecule is Cc1cc(C(=O)CN2CCN(c3ccc4nncn4n3)CC2)c(C)[nH]1. The molecule has 0 saturated carbocycles. The van der Waals surface area contributed by atoms with Crippen molar-refractivity contribution in [1.82, 2.24) is 29.7 Å². The molecule has 0 spiro atoms. The normalized spacial score (nSPS) is 15.8. The van der Waals surface area contributed by atoms with Crippen molar-refractivity contribution < 1.29 is 4.79 Å². The highest BCUT2D eigenvalue weighted by Crippen LogP contribution is 2.15. The zero-order valence-corrected chi connectivity index (χ0v) is 14.4. The summed E-state index contributed by atoms with van der Waals surface area (Å²) in [5, 5.41) is 12.4. The summed E-state index contributed by atoms with van der Waals surface area (Å²) in [5.74, 6) is 1.09. The van der Waals surface area contributed by atoms with Crippen LogP contribution in [-0.2, 0) is 0 Å². The van der Waals surface area contributed by atoms with Crippen molar-refractivity contribution in [3.63, 3.8) is 0 Å². The predicted octanol–water partition coefficient (Wildman–Crippen LogP) is 1.07. The van der Waals surface area contributed by atoms with Crippen molar-refractivity contribution in [1.29, 1.82) is 0 Å².